The number of anilines is 1. The number of hydrogen-bond donors (Lipinski definition) is 1. The van der Waals surface area contributed by atoms with E-state index < -0.39 is 0 Å². The van der Waals surface area contributed by atoms with Gasteiger partial charge in [-0.1, -0.05) is 18.2 Å². The highest BCUT2D eigenvalue weighted by Gasteiger charge is 2.30. The van der Waals surface area contributed by atoms with Gasteiger partial charge in [-0.05, 0) is 37.3 Å². The van der Waals surface area contributed by atoms with Crippen LogP contribution >= 0.6 is 0 Å². The Morgan fingerprint density at radius 3 is 2.53 bits per heavy atom. The van der Waals surface area contributed by atoms with Crippen LogP contribution in [0.2, 0.25) is 0 Å². The van der Waals surface area contributed by atoms with E-state index >= 15 is 0 Å². The molecule has 1 aromatic heterocycles. The minimum absolute atomic E-state index is 0.126. The van der Waals surface area contributed by atoms with E-state index in [2.05, 4.69) is 9.97 Å². The normalized spacial score (nSPS) is 13.8. The summed E-state index contributed by atoms with van der Waals surface area (Å²) in [5, 5.41) is 0.489. The van der Waals surface area contributed by atoms with Crippen molar-refractivity contribution >= 4 is 34.3 Å². The number of benzene rings is 2. The van der Waals surface area contributed by atoms with Gasteiger partial charge in [-0.15, -0.1) is 0 Å². The Kier molecular flexibility index (Phi) is 5.14. The summed E-state index contributed by atoms with van der Waals surface area (Å²) in [5.41, 5.74) is 1.05. The van der Waals surface area contributed by atoms with Crippen molar-refractivity contribution in [1.29, 1.82) is 0 Å². The molecule has 3 amide bonds. The summed E-state index contributed by atoms with van der Waals surface area (Å²) in [4.78, 5) is 59.2. The molecule has 30 heavy (non-hydrogen) atoms. The lowest BCUT2D eigenvalue weighted by Crippen LogP contribution is -2.32. The van der Waals surface area contributed by atoms with Gasteiger partial charge in [0, 0.05) is 24.9 Å². The van der Waals surface area contributed by atoms with Gasteiger partial charge in [0.05, 0.1) is 23.1 Å². The van der Waals surface area contributed by atoms with E-state index in [1.807, 2.05) is 6.92 Å². The molecule has 3 aromatic rings. The van der Waals surface area contributed by atoms with Crippen LogP contribution in [0.4, 0.5) is 5.69 Å². The Balaban J connectivity index is 1.61. The molecule has 0 unspecified atom stereocenters. The summed E-state index contributed by atoms with van der Waals surface area (Å²) in [6.45, 7) is 2.34. The maximum absolute atomic E-state index is 13.1. The molecule has 1 fully saturated rings. The minimum atomic E-state index is -0.283. The number of aromatic nitrogens is 2. The third-order valence-corrected chi connectivity index (χ3v) is 5.07. The summed E-state index contributed by atoms with van der Waals surface area (Å²) < 4.78 is 0. The van der Waals surface area contributed by atoms with Crippen LogP contribution in [0.15, 0.2) is 53.3 Å². The zero-order valence-corrected chi connectivity index (χ0v) is 16.4. The molecule has 0 bridgehead atoms. The van der Waals surface area contributed by atoms with Crippen LogP contribution in [0, 0.1) is 0 Å². The maximum atomic E-state index is 13.1. The lowest BCUT2D eigenvalue weighted by Gasteiger charge is -2.21. The summed E-state index contributed by atoms with van der Waals surface area (Å²) in [6, 6.07) is 13.5. The standard InChI is InChI=1S/C22H20N4O4/c1-2-25(13-18-23-17-9-4-3-8-16(17)21(29)24-18)22(30)14-6-5-7-15(12-14)26-19(27)10-11-20(26)28/h3-9,12H,2,10-11,13H2,1H3,(H,23,24,29). The highest BCUT2D eigenvalue weighted by molar-refractivity contribution is 6.20. The Hall–Kier alpha value is -3.81. The molecule has 152 valence electrons. The largest absolute Gasteiger partial charge is 0.331 e. The van der Waals surface area contributed by atoms with Crippen molar-refractivity contribution in [3.05, 3.63) is 70.3 Å². The third kappa shape index (κ3) is 3.59. The summed E-state index contributed by atoms with van der Waals surface area (Å²) in [6.07, 6.45) is 0.359. The SMILES string of the molecule is CCN(Cc1nc2ccccc2c(=O)[nH]1)C(=O)c1cccc(N2C(=O)CCC2=O)c1. The van der Waals surface area contributed by atoms with Crippen molar-refractivity contribution in [3.63, 3.8) is 0 Å². The lowest BCUT2D eigenvalue weighted by molar-refractivity contribution is -0.121. The number of hydrogen-bond acceptors (Lipinski definition) is 5. The average molecular weight is 404 g/mol. The molecule has 1 N–H and O–H groups in total. The number of nitrogens with zero attached hydrogens (tertiary/aromatic N) is 3. The first-order chi connectivity index (χ1) is 14.5. The van der Waals surface area contributed by atoms with E-state index in [0.29, 0.717) is 34.5 Å². The fourth-order valence-electron chi connectivity index (χ4n) is 3.54. The molecule has 1 saturated heterocycles. The van der Waals surface area contributed by atoms with E-state index in [1.165, 1.54) is 0 Å². The second-order valence-corrected chi connectivity index (χ2v) is 7.02. The highest BCUT2D eigenvalue weighted by Crippen LogP contribution is 2.24. The lowest BCUT2D eigenvalue weighted by atomic mass is 10.1. The number of carbonyl (C=O) groups excluding carboxylic acids is 3. The molecule has 0 spiro atoms. The second kappa shape index (κ2) is 7.90. The summed E-state index contributed by atoms with van der Waals surface area (Å²) >= 11 is 0. The van der Waals surface area contributed by atoms with Gasteiger partial charge >= 0.3 is 0 Å². The Morgan fingerprint density at radius 2 is 1.80 bits per heavy atom. The molecule has 8 heteroatoms. The monoisotopic (exact) mass is 404 g/mol. The number of carbonyl (C=O) groups is 3. The first-order valence-electron chi connectivity index (χ1n) is 9.71. The fraction of sp³-hybridized carbons (Fsp3) is 0.227. The predicted molar refractivity (Wildman–Crippen MR) is 111 cm³/mol. The molecule has 1 aliphatic heterocycles. The third-order valence-electron chi connectivity index (χ3n) is 5.07. The molecule has 1 aliphatic rings. The number of H-pyrrole nitrogens is 1. The second-order valence-electron chi connectivity index (χ2n) is 7.02. The van der Waals surface area contributed by atoms with Gasteiger partial charge in [-0.3, -0.25) is 24.1 Å². The van der Waals surface area contributed by atoms with Crippen LogP contribution in [0.25, 0.3) is 10.9 Å². The maximum Gasteiger partial charge on any atom is 0.258 e. The van der Waals surface area contributed by atoms with E-state index in [-0.39, 0.29) is 42.7 Å². The molecular formula is C22H20N4O4. The Labute approximate surface area is 172 Å². The van der Waals surface area contributed by atoms with E-state index in [9.17, 15) is 19.2 Å². The number of aromatic amines is 1. The van der Waals surface area contributed by atoms with Crippen molar-refractivity contribution in [2.75, 3.05) is 11.4 Å². The minimum Gasteiger partial charge on any atom is -0.331 e. The van der Waals surface area contributed by atoms with Crippen molar-refractivity contribution < 1.29 is 14.4 Å². The number of imide groups is 1. The molecule has 0 atom stereocenters. The zero-order chi connectivity index (χ0) is 21.3. The van der Waals surface area contributed by atoms with E-state index in [4.69, 9.17) is 0 Å². The molecule has 8 nitrogen and oxygen atoms in total. The van der Waals surface area contributed by atoms with Gasteiger partial charge in [-0.2, -0.15) is 0 Å². The van der Waals surface area contributed by atoms with Crippen LogP contribution in [-0.4, -0.2) is 39.1 Å². The van der Waals surface area contributed by atoms with Crippen molar-refractivity contribution in [1.82, 2.24) is 14.9 Å². The van der Waals surface area contributed by atoms with Crippen molar-refractivity contribution in [2.24, 2.45) is 0 Å². The van der Waals surface area contributed by atoms with Crippen LogP contribution in [-0.2, 0) is 16.1 Å². The Morgan fingerprint density at radius 1 is 1.07 bits per heavy atom. The van der Waals surface area contributed by atoms with Gasteiger partial charge in [0.15, 0.2) is 0 Å². The molecule has 2 heterocycles. The predicted octanol–water partition coefficient (Wildman–Crippen LogP) is 2.24. The van der Waals surface area contributed by atoms with Crippen LogP contribution in [0.3, 0.4) is 0 Å². The van der Waals surface area contributed by atoms with Gasteiger partial charge in [-0.25, -0.2) is 4.98 Å². The van der Waals surface area contributed by atoms with Crippen LogP contribution < -0.4 is 10.5 Å². The topological polar surface area (TPSA) is 103 Å². The molecule has 2 aromatic carbocycles. The Bertz CT molecular complexity index is 1200. The molecule has 0 radical (unpaired) electrons. The number of fused-ring (bicyclic) bond motifs is 1. The number of para-hydroxylation sites is 1. The first-order valence-corrected chi connectivity index (χ1v) is 9.71. The first kappa shape index (κ1) is 19.5. The average Bonchev–Trinajstić information content (AvgIpc) is 3.09. The summed E-state index contributed by atoms with van der Waals surface area (Å²) in [7, 11) is 0. The van der Waals surface area contributed by atoms with Gasteiger partial charge in [0.2, 0.25) is 11.8 Å². The highest BCUT2D eigenvalue weighted by atomic mass is 16.2. The van der Waals surface area contributed by atoms with Gasteiger partial charge < -0.3 is 9.88 Å². The van der Waals surface area contributed by atoms with Crippen LogP contribution in [0.1, 0.15) is 35.9 Å². The fourth-order valence-corrected chi connectivity index (χ4v) is 3.54. The molecule has 4 rings (SSSR count). The van der Waals surface area contributed by atoms with Crippen molar-refractivity contribution in [3.8, 4) is 0 Å². The molecule has 0 saturated carbocycles. The number of rotatable bonds is 5. The number of nitrogens with one attached hydrogen (secondary N) is 1. The molecular weight excluding hydrogens is 384 g/mol. The number of amides is 3. The van der Waals surface area contributed by atoms with Gasteiger partial charge in [0.25, 0.3) is 11.5 Å². The van der Waals surface area contributed by atoms with E-state index in [0.717, 1.165) is 4.90 Å². The molecule has 0 aliphatic carbocycles. The smallest absolute Gasteiger partial charge is 0.258 e. The van der Waals surface area contributed by atoms with E-state index in [1.54, 1.807) is 53.4 Å². The van der Waals surface area contributed by atoms with Crippen LogP contribution in [0.5, 0.6) is 0 Å². The van der Waals surface area contributed by atoms with Gasteiger partial charge in [0.1, 0.15) is 5.82 Å². The quantitative estimate of drug-likeness (QED) is 0.657. The van der Waals surface area contributed by atoms with Crippen molar-refractivity contribution in [2.45, 2.75) is 26.3 Å². The summed E-state index contributed by atoms with van der Waals surface area (Å²) in [5.74, 6) is -0.436. The zero-order valence-electron chi connectivity index (χ0n) is 16.4.